The first-order chi connectivity index (χ1) is 12.8. The van der Waals surface area contributed by atoms with Crippen molar-refractivity contribution in [1.82, 2.24) is 0 Å². The third-order valence-electron chi connectivity index (χ3n) is 3.72. The first-order valence-electron chi connectivity index (χ1n) is 8.00. The van der Waals surface area contributed by atoms with Gasteiger partial charge in [-0.15, -0.1) is 0 Å². The number of likely N-dealkylation sites (N-methyl/N-ethyl adjacent to an activating group) is 1. The number of anilines is 1. The Labute approximate surface area is 155 Å². The van der Waals surface area contributed by atoms with E-state index < -0.39 is 24.6 Å². The van der Waals surface area contributed by atoms with Gasteiger partial charge in [-0.05, 0) is 37.3 Å². The normalized spacial score (nSPS) is 11.6. The molecule has 0 unspecified atom stereocenters. The molecular weight excluding hydrogens is 360 g/mol. The highest BCUT2D eigenvalue weighted by molar-refractivity contribution is 5.98. The summed E-state index contributed by atoms with van der Waals surface area (Å²) in [5.74, 6) is -1.47. The molecule has 0 bridgehead atoms. The van der Waals surface area contributed by atoms with E-state index in [0.717, 1.165) is 0 Å². The van der Waals surface area contributed by atoms with Gasteiger partial charge in [0.15, 0.2) is 17.6 Å². The number of carbonyl (C=O) groups excluding carboxylic acids is 2. The van der Waals surface area contributed by atoms with Crippen LogP contribution in [-0.4, -0.2) is 38.7 Å². The van der Waals surface area contributed by atoms with Crippen LogP contribution in [0.1, 0.15) is 17.3 Å². The molecule has 0 spiro atoms. The average molecular weight is 379 g/mol. The maximum absolute atomic E-state index is 12.4. The van der Waals surface area contributed by atoms with Crippen LogP contribution in [0.3, 0.4) is 0 Å². The number of ether oxygens (including phenoxy) is 3. The Bertz CT molecular complexity index is 798. The van der Waals surface area contributed by atoms with Gasteiger partial charge in [-0.1, -0.05) is 18.2 Å². The zero-order valence-electron chi connectivity index (χ0n) is 15.0. The Morgan fingerprint density at radius 3 is 2.30 bits per heavy atom. The van der Waals surface area contributed by atoms with Crippen molar-refractivity contribution in [1.29, 1.82) is 0 Å². The molecule has 1 amide bonds. The summed E-state index contributed by atoms with van der Waals surface area (Å²) in [6.07, 6.45) is -1.05. The molecule has 2 aromatic rings. The minimum atomic E-state index is -3.03. The SMILES string of the molecule is COc1cc(C(=O)O[C@H](C)C(=O)N(C)c2ccccc2)ccc1OC(F)F. The fourth-order valence-electron chi connectivity index (χ4n) is 2.32. The van der Waals surface area contributed by atoms with Crippen molar-refractivity contribution in [3.63, 3.8) is 0 Å². The van der Waals surface area contributed by atoms with Crippen LogP contribution in [0.15, 0.2) is 48.5 Å². The average Bonchev–Trinajstić information content (AvgIpc) is 2.67. The van der Waals surface area contributed by atoms with Crippen LogP contribution in [0.25, 0.3) is 0 Å². The Morgan fingerprint density at radius 1 is 1.04 bits per heavy atom. The molecule has 0 saturated heterocycles. The molecular formula is C19H19F2NO5. The molecule has 0 fully saturated rings. The van der Waals surface area contributed by atoms with Gasteiger partial charge >= 0.3 is 12.6 Å². The first kappa shape index (κ1) is 20.2. The molecule has 0 aliphatic heterocycles. The largest absolute Gasteiger partial charge is 0.493 e. The van der Waals surface area contributed by atoms with Gasteiger partial charge in [-0.25, -0.2) is 4.79 Å². The summed E-state index contributed by atoms with van der Waals surface area (Å²) in [5, 5.41) is 0. The van der Waals surface area contributed by atoms with Crippen LogP contribution < -0.4 is 14.4 Å². The summed E-state index contributed by atoms with van der Waals surface area (Å²) in [5.41, 5.74) is 0.691. The van der Waals surface area contributed by atoms with E-state index in [4.69, 9.17) is 9.47 Å². The maximum Gasteiger partial charge on any atom is 0.387 e. The van der Waals surface area contributed by atoms with Crippen LogP contribution in [0, 0.1) is 0 Å². The van der Waals surface area contributed by atoms with Crippen molar-refractivity contribution in [3.05, 3.63) is 54.1 Å². The van der Waals surface area contributed by atoms with E-state index in [1.807, 2.05) is 6.07 Å². The summed E-state index contributed by atoms with van der Waals surface area (Å²) in [6.45, 7) is -1.58. The Morgan fingerprint density at radius 2 is 1.70 bits per heavy atom. The molecule has 0 aliphatic carbocycles. The zero-order valence-corrected chi connectivity index (χ0v) is 15.0. The third kappa shape index (κ3) is 5.16. The molecule has 27 heavy (non-hydrogen) atoms. The number of hydrogen-bond acceptors (Lipinski definition) is 5. The minimum absolute atomic E-state index is 0.0375. The second-order valence-corrected chi connectivity index (χ2v) is 5.52. The highest BCUT2D eigenvalue weighted by Crippen LogP contribution is 2.29. The van der Waals surface area contributed by atoms with E-state index in [-0.39, 0.29) is 17.1 Å². The number of benzene rings is 2. The van der Waals surface area contributed by atoms with Gasteiger partial charge in [0.05, 0.1) is 12.7 Å². The van der Waals surface area contributed by atoms with Crippen LogP contribution in [0.5, 0.6) is 11.5 Å². The quantitative estimate of drug-likeness (QED) is 0.689. The van der Waals surface area contributed by atoms with Crippen molar-refractivity contribution < 1.29 is 32.6 Å². The number of amides is 1. The molecule has 0 N–H and O–H groups in total. The van der Waals surface area contributed by atoms with Gasteiger partial charge in [-0.3, -0.25) is 4.79 Å². The van der Waals surface area contributed by atoms with E-state index in [1.54, 1.807) is 31.3 Å². The van der Waals surface area contributed by atoms with Crippen molar-refractivity contribution >= 4 is 17.6 Å². The van der Waals surface area contributed by atoms with Crippen molar-refractivity contribution in [2.24, 2.45) is 0 Å². The molecule has 1 atom stereocenters. The number of esters is 1. The van der Waals surface area contributed by atoms with Crippen LogP contribution in [0.4, 0.5) is 14.5 Å². The summed E-state index contributed by atoms with van der Waals surface area (Å²) >= 11 is 0. The van der Waals surface area contributed by atoms with E-state index in [2.05, 4.69) is 4.74 Å². The lowest BCUT2D eigenvalue weighted by molar-refractivity contribution is -0.126. The minimum Gasteiger partial charge on any atom is -0.493 e. The van der Waals surface area contributed by atoms with Gasteiger partial charge in [-0.2, -0.15) is 8.78 Å². The molecule has 0 saturated carbocycles. The summed E-state index contributed by atoms with van der Waals surface area (Å²) < 4.78 is 39.2. The second kappa shape index (κ2) is 8.98. The number of rotatable bonds is 7. The molecule has 2 rings (SSSR count). The number of hydrogen-bond donors (Lipinski definition) is 0. The zero-order chi connectivity index (χ0) is 20.0. The highest BCUT2D eigenvalue weighted by Gasteiger charge is 2.24. The van der Waals surface area contributed by atoms with Gasteiger partial charge in [0.25, 0.3) is 5.91 Å². The van der Waals surface area contributed by atoms with Gasteiger partial charge < -0.3 is 19.1 Å². The van der Waals surface area contributed by atoms with Gasteiger partial charge in [0.2, 0.25) is 0 Å². The number of nitrogens with zero attached hydrogens (tertiary/aromatic N) is 1. The van der Waals surface area contributed by atoms with Crippen LogP contribution in [-0.2, 0) is 9.53 Å². The summed E-state index contributed by atoms with van der Waals surface area (Å²) in [4.78, 5) is 26.1. The predicted octanol–water partition coefficient (Wildman–Crippen LogP) is 3.50. The summed E-state index contributed by atoms with van der Waals surface area (Å²) in [7, 11) is 2.82. The van der Waals surface area contributed by atoms with E-state index in [1.165, 1.54) is 37.1 Å². The number of para-hydroxylation sites is 1. The third-order valence-corrected chi connectivity index (χ3v) is 3.72. The maximum atomic E-state index is 12.4. The Balaban J connectivity index is 2.08. The van der Waals surface area contributed by atoms with Crippen LogP contribution >= 0.6 is 0 Å². The van der Waals surface area contributed by atoms with Crippen LogP contribution in [0.2, 0.25) is 0 Å². The number of carbonyl (C=O) groups is 2. The second-order valence-electron chi connectivity index (χ2n) is 5.52. The number of alkyl halides is 2. The topological polar surface area (TPSA) is 65.1 Å². The fourth-order valence-corrected chi connectivity index (χ4v) is 2.32. The smallest absolute Gasteiger partial charge is 0.387 e. The fraction of sp³-hybridized carbons (Fsp3) is 0.263. The lowest BCUT2D eigenvalue weighted by atomic mass is 10.2. The molecule has 6 nitrogen and oxygen atoms in total. The summed E-state index contributed by atoms with van der Waals surface area (Å²) in [6, 6.07) is 12.5. The Kier molecular flexibility index (Phi) is 6.70. The van der Waals surface area contributed by atoms with Crippen molar-refractivity contribution in [2.45, 2.75) is 19.6 Å². The van der Waals surface area contributed by atoms with Crippen molar-refractivity contribution in [3.8, 4) is 11.5 Å². The molecule has 8 heteroatoms. The molecule has 0 aliphatic rings. The van der Waals surface area contributed by atoms with Gasteiger partial charge in [0, 0.05) is 12.7 Å². The van der Waals surface area contributed by atoms with E-state index in [0.29, 0.717) is 5.69 Å². The molecule has 0 radical (unpaired) electrons. The molecule has 0 aromatic heterocycles. The van der Waals surface area contributed by atoms with Gasteiger partial charge in [0.1, 0.15) is 0 Å². The highest BCUT2D eigenvalue weighted by atomic mass is 19.3. The predicted molar refractivity (Wildman–Crippen MR) is 94.4 cm³/mol. The Hall–Kier alpha value is -3.16. The lowest BCUT2D eigenvalue weighted by Crippen LogP contribution is -2.37. The van der Waals surface area contributed by atoms with E-state index in [9.17, 15) is 18.4 Å². The molecule has 0 heterocycles. The number of methoxy groups -OCH3 is 1. The molecule has 144 valence electrons. The lowest BCUT2D eigenvalue weighted by Gasteiger charge is -2.21. The number of halogens is 2. The van der Waals surface area contributed by atoms with E-state index >= 15 is 0 Å². The monoisotopic (exact) mass is 379 g/mol. The first-order valence-corrected chi connectivity index (χ1v) is 8.00. The van der Waals surface area contributed by atoms with Crippen molar-refractivity contribution in [2.75, 3.05) is 19.1 Å². The molecule has 2 aromatic carbocycles. The standard InChI is InChI=1S/C19H19F2NO5/c1-12(17(23)22(2)14-7-5-4-6-8-14)26-18(24)13-9-10-15(27-19(20)21)16(11-13)25-3/h4-12,19H,1-3H3/t12-/m1/s1.